The topological polar surface area (TPSA) is 63.2 Å². The van der Waals surface area contributed by atoms with Crippen molar-refractivity contribution in [2.75, 3.05) is 0 Å². The first-order chi connectivity index (χ1) is 8.49. The number of hydrogen-bond donors (Lipinski definition) is 1. The maximum atomic E-state index is 11.9. The molecule has 0 bridgehead atoms. The van der Waals surface area contributed by atoms with Gasteiger partial charge in [-0.1, -0.05) is 37.8 Å². The van der Waals surface area contributed by atoms with Gasteiger partial charge in [-0.15, -0.1) is 11.3 Å². The van der Waals surface area contributed by atoms with Crippen molar-refractivity contribution < 1.29 is 13.2 Å². The van der Waals surface area contributed by atoms with Crippen molar-refractivity contribution in [1.82, 2.24) is 4.72 Å². The van der Waals surface area contributed by atoms with Crippen LogP contribution in [0.1, 0.15) is 32.6 Å². The van der Waals surface area contributed by atoms with Gasteiger partial charge in [0.05, 0.1) is 10.4 Å². The van der Waals surface area contributed by atoms with Crippen LogP contribution in [0.3, 0.4) is 0 Å². The molecule has 7 heteroatoms. The second-order valence-corrected chi connectivity index (χ2v) is 7.57. The minimum Gasteiger partial charge on any atom is -0.302 e. The number of aldehydes is 1. The van der Waals surface area contributed by atoms with Crippen molar-refractivity contribution in [3.8, 4) is 0 Å². The fourth-order valence-electron chi connectivity index (χ4n) is 1.47. The van der Waals surface area contributed by atoms with Crippen molar-refractivity contribution in [3.05, 3.63) is 16.5 Å². The van der Waals surface area contributed by atoms with Crippen LogP contribution in [0.2, 0.25) is 4.34 Å². The number of hydrogen-bond acceptors (Lipinski definition) is 4. The van der Waals surface area contributed by atoms with Gasteiger partial charge in [0.15, 0.2) is 0 Å². The molecule has 0 aromatic carbocycles. The zero-order valence-corrected chi connectivity index (χ0v) is 12.4. The van der Waals surface area contributed by atoms with Gasteiger partial charge in [-0.25, -0.2) is 13.1 Å². The largest absolute Gasteiger partial charge is 0.302 e. The fraction of sp³-hybridized carbons (Fsp3) is 0.545. The van der Waals surface area contributed by atoms with Crippen molar-refractivity contribution in [3.63, 3.8) is 0 Å². The molecule has 1 aromatic heterocycles. The van der Waals surface area contributed by atoms with Gasteiger partial charge in [0.1, 0.15) is 10.5 Å². The summed E-state index contributed by atoms with van der Waals surface area (Å²) in [6, 6.07) is 2.29. The van der Waals surface area contributed by atoms with Crippen LogP contribution >= 0.6 is 22.9 Å². The molecule has 0 aliphatic rings. The van der Waals surface area contributed by atoms with Gasteiger partial charge in [0.2, 0.25) is 0 Å². The summed E-state index contributed by atoms with van der Waals surface area (Å²) in [5, 5.41) is 0. The van der Waals surface area contributed by atoms with Gasteiger partial charge in [0, 0.05) is 0 Å². The number of halogens is 1. The van der Waals surface area contributed by atoms with Crippen LogP contribution in [0.25, 0.3) is 0 Å². The highest BCUT2D eigenvalue weighted by molar-refractivity contribution is 7.91. The van der Waals surface area contributed by atoms with E-state index in [0.29, 0.717) is 17.0 Å². The molecule has 0 aliphatic heterocycles. The predicted molar refractivity (Wildman–Crippen MR) is 73.6 cm³/mol. The normalized spacial score (nSPS) is 13.4. The average molecular weight is 310 g/mol. The Kier molecular flexibility index (Phi) is 6.28. The highest BCUT2D eigenvalue weighted by Crippen LogP contribution is 2.25. The number of carbonyl (C=O) groups excluding carboxylic acids is 1. The van der Waals surface area contributed by atoms with Gasteiger partial charge in [-0.2, -0.15) is 0 Å². The SMILES string of the molecule is CCCCCC(C=O)NS(=O)(=O)c1ccc(Cl)s1. The van der Waals surface area contributed by atoms with Crippen LogP contribution in [-0.4, -0.2) is 20.7 Å². The van der Waals surface area contributed by atoms with E-state index in [1.54, 1.807) is 0 Å². The maximum absolute atomic E-state index is 11.9. The molecule has 0 aliphatic carbocycles. The Morgan fingerprint density at radius 1 is 1.44 bits per heavy atom. The van der Waals surface area contributed by atoms with Gasteiger partial charge in [-0.05, 0) is 18.6 Å². The number of rotatable bonds is 8. The summed E-state index contributed by atoms with van der Waals surface area (Å²) in [5.74, 6) is 0. The van der Waals surface area contributed by atoms with Crippen LogP contribution in [0.15, 0.2) is 16.3 Å². The lowest BCUT2D eigenvalue weighted by Gasteiger charge is -2.11. The standard InChI is InChI=1S/C11H16ClNO3S2/c1-2-3-4-5-9(8-14)13-18(15,16)11-7-6-10(12)17-11/h6-9,13H,2-5H2,1H3. The molecule has 1 unspecified atom stereocenters. The Bertz CT molecular complexity index is 484. The van der Waals surface area contributed by atoms with Crippen molar-refractivity contribution >= 4 is 39.2 Å². The molecule has 0 fully saturated rings. The van der Waals surface area contributed by atoms with E-state index >= 15 is 0 Å². The number of carbonyl (C=O) groups is 1. The Labute approximate surface area is 116 Å². The van der Waals surface area contributed by atoms with Gasteiger partial charge in [-0.3, -0.25) is 0 Å². The van der Waals surface area contributed by atoms with E-state index in [-0.39, 0.29) is 4.21 Å². The lowest BCUT2D eigenvalue weighted by Crippen LogP contribution is -2.35. The van der Waals surface area contributed by atoms with Crippen molar-refractivity contribution in [1.29, 1.82) is 0 Å². The summed E-state index contributed by atoms with van der Waals surface area (Å²) in [7, 11) is -3.64. The molecule has 0 saturated heterocycles. The Morgan fingerprint density at radius 2 is 2.17 bits per heavy atom. The van der Waals surface area contributed by atoms with E-state index in [9.17, 15) is 13.2 Å². The molecular weight excluding hydrogens is 294 g/mol. The third kappa shape index (κ3) is 4.68. The van der Waals surface area contributed by atoms with E-state index < -0.39 is 16.1 Å². The van der Waals surface area contributed by atoms with E-state index in [1.807, 2.05) is 6.92 Å². The summed E-state index contributed by atoms with van der Waals surface area (Å²) in [4.78, 5) is 10.9. The Hall–Kier alpha value is -0.430. The van der Waals surface area contributed by atoms with E-state index in [0.717, 1.165) is 30.6 Å². The highest BCUT2D eigenvalue weighted by Gasteiger charge is 2.21. The summed E-state index contributed by atoms with van der Waals surface area (Å²) in [6.07, 6.45) is 4.00. The minimum atomic E-state index is -3.64. The van der Waals surface area contributed by atoms with Gasteiger partial charge in [0.25, 0.3) is 10.0 Å². The van der Waals surface area contributed by atoms with E-state index in [2.05, 4.69) is 4.72 Å². The molecule has 18 heavy (non-hydrogen) atoms. The molecule has 4 nitrogen and oxygen atoms in total. The van der Waals surface area contributed by atoms with Crippen molar-refractivity contribution in [2.24, 2.45) is 0 Å². The molecule has 0 radical (unpaired) electrons. The first-order valence-corrected chi connectivity index (χ1v) is 8.40. The summed E-state index contributed by atoms with van der Waals surface area (Å²) in [5.41, 5.74) is 0. The van der Waals surface area contributed by atoms with Crippen LogP contribution < -0.4 is 4.72 Å². The highest BCUT2D eigenvalue weighted by atomic mass is 35.5. The molecule has 1 atom stereocenters. The van der Waals surface area contributed by atoms with E-state index in [4.69, 9.17) is 11.6 Å². The molecule has 1 N–H and O–H groups in total. The van der Waals surface area contributed by atoms with Crippen LogP contribution in [0, 0.1) is 0 Å². The first kappa shape index (κ1) is 15.6. The molecule has 1 heterocycles. The second-order valence-electron chi connectivity index (χ2n) is 3.92. The lowest BCUT2D eigenvalue weighted by atomic mass is 10.1. The van der Waals surface area contributed by atoms with Gasteiger partial charge >= 0.3 is 0 Å². The number of nitrogens with one attached hydrogen (secondary N) is 1. The predicted octanol–water partition coefficient (Wildman–Crippen LogP) is 2.83. The fourth-order valence-corrected chi connectivity index (χ4v) is 4.17. The maximum Gasteiger partial charge on any atom is 0.250 e. The molecular formula is C11H16ClNO3S2. The molecule has 1 rings (SSSR count). The third-order valence-electron chi connectivity index (χ3n) is 2.40. The smallest absolute Gasteiger partial charge is 0.250 e. The third-order valence-corrected chi connectivity index (χ3v) is 5.62. The van der Waals surface area contributed by atoms with Crippen LogP contribution in [0.4, 0.5) is 0 Å². The molecule has 0 saturated carbocycles. The summed E-state index contributed by atoms with van der Waals surface area (Å²) in [6.45, 7) is 2.05. The first-order valence-electron chi connectivity index (χ1n) is 5.72. The molecule has 0 amide bonds. The molecule has 1 aromatic rings. The average Bonchev–Trinajstić information content (AvgIpc) is 2.75. The number of thiophene rings is 1. The molecule has 102 valence electrons. The number of unbranched alkanes of at least 4 members (excludes halogenated alkanes) is 2. The molecule has 0 spiro atoms. The second kappa shape index (κ2) is 7.23. The monoisotopic (exact) mass is 309 g/mol. The zero-order valence-electron chi connectivity index (χ0n) is 10.1. The summed E-state index contributed by atoms with van der Waals surface area (Å²) >= 11 is 6.67. The summed E-state index contributed by atoms with van der Waals surface area (Å²) < 4.78 is 26.8. The Balaban J connectivity index is 2.66. The van der Waals surface area contributed by atoms with Crippen LogP contribution in [-0.2, 0) is 14.8 Å². The lowest BCUT2D eigenvalue weighted by molar-refractivity contribution is -0.109. The van der Waals surface area contributed by atoms with E-state index in [1.165, 1.54) is 12.1 Å². The van der Waals surface area contributed by atoms with Gasteiger partial charge < -0.3 is 4.79 Å². The zero-order chi connectivity index (χ0) is 13.6. The van der Waals surface area contributed by atoms with Crippen LogP contribution in [0.5, 0.6) is 0 Å². The number of sulfonamides is 1. The minimum absolute atomic E-state index is 0.134. The Morgan fingerprint density at radius 3 is 2.67 bits per heavy atom. The van der Waals surface area contributed by atoms with Crippen molar-refractivity contribution in [2.45, 2.75) is 42.9 Å². The quantitative estimate of drug-likeness (QED) is 0.593.